The third-order valence-electron chi connectivity index (χ3n) is 4.71. The lowest BCUT2D eigenvalue weighted by atomic mass is 10.1. The third kappa shape index (κ3) is 4.35. The van der Waals surface area contributed by atoms with Gasteiger partial charge in [-0.15, -0.1) is 0 Å². The molecule has 0 spiro atoms. The highest BCUT2D eigenvalue weighted by atomic mass is 32.2. The summed E-state index contributed by atoms with van der Waals surface area (Å²) in [4.78, 5) is 12.8. The van der Waals surface area contributed by atoms with Crippen LogP contribution >= 0.6 is 0 Å². The van der Waals surface area contributed by atoms with E-state index >= 15 is 0 Å². The van der Waals surface area contributed by atoms with Crippen LogP contribution in [0.1, 0.15) is 5.56 Å². The van der Waals surface area contributed by atoms with E-state index in [1.54, 1.807) is 0 Å². The van der Waals surface area contributed by atoms with Crippen LogP contribution in [0.4, 0.5) is 18.9 Å². The van der Waals surface area contributed by atoms with Crippen molar-refractivity contribution in [3.63, 3.8) is 0 Å². The zero-order valence-electron chi connectivity index (χ0n) is 16.4. The van der Waals surface area contributed by atoms with Crippen LogP contribution in [0.5, 0.6) is 17.2 Å². The molecule has 7 nitrogen and oxygen atoms in total. The summed E-state index contributed by atoms with van der Waals surface area (Å²) in [5, 5.41) is 29.4. The second-order valence-corrected chi connectivity index (χ2v) is 8.13. The van der Waals surface area contributed by atoms with E-state index < -0.39 is 45.4 Å². The van der Waals surface area contributed by atoms with Crippen LogP contribution in [-0.2, 0) is 17.2 Å². The Balaban J connectivity index is 1.66. The molecule has 0 amide bonds. The first-order valence-corrected chi connectivity index (χ1v) is 10.4. The summed E-state index contributed by atoms with van der Waals surface area (Å²) in [7, 11) is -1.93. The Morgan fingerprint density at radius 3 is 2.21 bits per heavy atom. The van der Waals surface area contributed by atoms with Crippen molar-refractivity contribution in [3.8, 4) is 28.6 Å². The molecule has 4 aromatic rings. The molecular weight excluding hydrogens is 463 g/mol. The molecule has 0 fully saturated rings. The molecule has 1 aromatic heterocycles. The van der Waals surface area contributed by atoms with Crippen LogP contribution < -0.4 is 10.2 Å². The van der Waals surface area contributed by atoms with Gasteiger partial charge in [0.2, 0.25) is 11.2 Å². The molecule has 0 aliphatic rings. The Bertz CT molecular complexity index is 1450. The van der Waals surface area contributed by atoms with Gasteiger partial charge in [-0.2, -0.15) is 13.2 Å². The molecular formula is C22H14F3NO6S. The number of nitrogens with one attached hydrogen (secondary N) is 1. The van der Waals surface area contributed by atoms with E-state index in [1.165, 1.54) is 24.3 Å². The Morgan fingerprint density at radius 2 is 1.58 bits per heavy atom. The van der Waals surface area contributed by atoms with Gasteiger partial charge in [-0.25, -0.2) is 4.21 Å². The number of aromatic hydroxyl groups is 3. The molecule has 0 radical (unpaired) electrons. The number of rotatable bonds is 4. The van der Waals surface area contributed by atoms with Crippen LogP contribution in [0.25, 0.3) is 22.3 Å². The van der Waals surface area contributed by atoms with Gasteiger partial charge >= 0.3 is 6.18 Å². The number of phenolic OH excluding ortho intramolecular Hbond substituents is 2. The van der Waals surface area contributed by atoms with Gasteiger partial charge in [0.1, 0.15) is 16.6 Å². The Kier molecular flexibility index (Phi) is 5.50. The average molecular weight is 477 g/mol. The van der Waals surface area contributed by atoms with Crippen LogP contribution in [0, 0.1) is 0 Å². The van der Waals surface area contributed by atoms with Crippen molar-refractivity contribution in [2.75, 3.05) is 4.72 Å². The Labute approximate surface area is 185 Å². The van der Waals surface area contributed by atoms with Gasteiger partial charge in [0.05, 0.1) is 15.8 Å². The van der Waals surface area contributed by atoms with Crippen molar-refractivity contribution in [3.05, 3.63) is 76.5 Å². The molecule has 0 aliphatic carbocycles. The fourth-order valence-electron chi connectivity index (χ4n) is 3.04. The summed E-state index contributed by atoms with van der Waals surface area (Å²) in [5.41, 5.74) is -1.26. The summed E-state index contributed by atoms with van der Waals surface area (Å²) in [6, 6.07) is 11.5. The van der Waals surface area contributed by atoms with Crippen molar-refractivity contribution in [2.45, 2.75) is 11.1 Å². The van der Waals surface area contributed by atoms with Gasteiger partial charge in [-0.1, -0.05) is 0 Å². The highest BCUT2D eigenvalue weighted by molar-refractivity contribution is 7.86. The van der Waals surface area contributed by atoms with E-state index in [9.17, 15) is 37.5 Å². The highest BCUT2D eigenvalue weighted by Gasteiger charge is 2.30. The summed E-state index contributed by atoms with van der Waals surface area (Å²) >= 11 is 0. The normalized spacial score (nSPS) is 12.6. The Morgan fingerprint density at radius 1 is 0.879 bits per heavy atom. The molecule has 3 aromatic carbocycles. The number of anilines is 1. The number of phenols is 2. The van der Waals surface area contributed by atoms with E-state index in [0.717, 1.165) is 36.4 Å². The zero-order valence-corrected chi connectivity index (χ0v) is 17.2. The second kappa shape index (κ2) is 8.17. The van der Waals surface area contributed by atoms with Crippen LogP contribution in [0.2, 0.25) is 0 Å². The van der Waals surface area contributed by atoms with Crippen molar-refractivity contribution >= 4 is 27.6 Å². The standard InChI is InChI=1S/C22H14F3NO6S/c23-22(24,25)12-2-5-14(6-3-12)33(31)26-13-4-8-18-15(10-13)19(29)20(30)21(32-18)11-1-7-16(27)17(28)9-11/h1-10,26-28,30H. The number of hydrogen-bond acceptors (Lipinski definition) is 6. The maximum Gasteiger partial charge on any atom is 0.416 e. The first-order chi connectivity index (χ1) is 15.5. The smallest absolute Gasteiger partial charge is 0.416 e. The third-order valence-corrected chi connectivity index (χ3v) is 5.83. The summed E-state index contributed by atoms with van der Waals surface area (Å²) < 4.78 is 58.7. The quantitative estimate of drug-likeness (QED) is 0.316. The lowest BCUT2D eigenvalue weighted by Crippen LogP contribution is -2.08. The molecule has 0 bridgehead atoms. The van der Waals surface area contributed by atoms with E-state index in [1.807, 2.05) is 0 Å². The molecule has 0 aliphatic heterocycles. The summed E-state index contributed by atoms with van der Waals surface area (Å²) in [6.07, 6.45) is -4.51. The van der Waals surface area contributed by atoms with Crippen LogP contribution in [-0.4, -0.2) is 19.5 Å². The number of alkyl halides is 3. The largest absolute Gasteiger partial charge is 0.504 e. The molecule has 0 saturated heterocycles. The lowest BCUT2D eigenvalue weighted by molar-refractivity contribution is -0.137. The summed E-state index contributed by atoms with van der Waals surface area (Å²) in [5.74, 6) is -1.83. The molecule has 0 saturated carbocycles. The minimum absolute atomic E-state index is 0.0475. The van der Waals surface area contributed by atoms with Gasteiger partial charge in [-0.05, 0) is 60.7 Å². The van der Waals surface area contributed by atoms with Crippen molar-refractivity contribution in [1.82, 2.24) is 0 Å². The maximum atomic E-state index is 12.7. The van der Waals surface area contributed by atoms with Gasteiger partial charge < -0.3 is 24.5 Å². The fraction of sp³-hybridized carbons (Fsp3) is 0.0455. The summed E-state index contributed by atoms with van der Waals surface area (Å²) in [6.45, 7) is 0. The predicted molar refractivity (Wildman–Crippen MR) is 114 cm³/mol. The zero-order chi connectivity index (χ0) is 23.9. The average Bonchev–Trinajstić information content (AvgIpc) is 2.78. The minimum Gasteiger partial charge on any atom is -0.504 e. The first-order valence-electron chi connectivity index (χ1n) is 9.22. The predicted octanol–water partition coefficient (Wildman–Crippen LogP) is 4.73. The molecule has 1 unspecified atom stereocenters. The number of fused-ring (bicyclic) bond motifs is 1. The fourth-order valence-corrected chi connectivity index (χ4v) is 3.88. The SMILES string of the molecule is O=c1c(O)c(-c2ccc(O)c(O)c2)oc2ccc(NS(=O)c3ccc(C(F)(F)F)cc3)cc12. The minimum atomic E-state index is -4.51. The molecule has 11 heteroatoms. The van der Waals surface area contributed by atoms with Crippen molar-refractivity contribution < 1.29 is 37.1 Å². The maximum absolute atomic E-state index is 12.7. The molecule has 1 heterocycles. The molecule has 1 atom stereocenters. The highest BCUT2D eigenvalue weighted by Crippen LogP contribution is 2.35. The van der Waals surface area contributed by atoms with Gasteiger partial charge in [0, 0.05) is 11.3 Å². The van der Waals surface area contributed by atoms with Gasteiger partial charge in [-0.3, -0.25) is 4.79 Å². The number of halogens is 3. The molecule has 4 N–H and O–H groups in total. The monoisotopic (exact) mass is 477 g/mol. The first kappa shape index (κ1) is 22.2. The van der Waals surface area contributed by atoms with E-state index in [2.05, 4.69) is 4.72 Å². The van der Waals surface area contributed by atoms with E-state index in [-0.39, 0.29) is 32.9 Å². The molecule has 33 heavy (non-hydrogen) atoms. The molecule has 170 valence electrons. The van der Waals surface area contributed by atoms with Crippen LogP contribution in [0.15, 0.2) is 74.8 Å². The van der Waals surface area contributed by atoms with Gasteiger partial charge in [0.25, 0.3) is 0 Å². The second-order valence-electron chi connectivity index (χ2n) is 6.92. The topological polar surface area (TPSA) is 120 Å². The van der Waals surface area contributed by atoms with Crippen molar-refractivity contribution in [1.29, 1.82) is 0 Å². The van der Waals surface area contributed by atoms with Gasteiger partial charge in [0.15, 0.2) is 17.3 Å². The lowest BCUT2D eigenvalue weighted by Gasteiger charge is -2.10. The van der Waals surface area contributed by atoms with Crippen molar-refractivity contribution in [2.24, 2.45) is 0 Å². The molecule has 4 rings (SSSR count). The van der Waals surface area contributed by atoms with E-state index in [4.69, 9.17) is 4.42 Å². The number of hydrogen-bond donors (Lipinski definition) is 4. The van der Waals surface area contributed by atoms with E-state index in [0.29, 0.717) is 0 Å². The Hall–Kier alpha value is -3.99. The number of benzene rings is 3. The van der Waals surface area contributed by atoms with Crippen LogP contribution in [0.3, 0.4) is 0 Å².